The Morgan fingerprint density at radius 2 is 1.76 bits per heavy atom. The highest BCUT2D eigenvalue weighted by Crippen LogP contribution is 2.35. The molecule has 29 heavy (non-hydrogen) atoms. The summed E-state index contributed by atoms with van der Waals surface area (Å²) in [7, 11) is 0. The molecule has 0 saturated heterocycles. The molecule has 2 aromatic carbocycles. The van der Waals surface area contributed by atoms with Gasteiger partial charge in [-0.25, -0.2) is 9.97 Å². The summed E-state index contributed by atoms with van der Waals surface area (Å²) in [5, 5.41) is 4.22. The van der Waals surface area contributed by atoms with Gasteiger partial charge in [0.05, 0.1) is 21.6 Å². The lowest BCUT2D eigenvalue weighted by Gasteiger charge is -2.01. The lowest BCUT2D eigenvalue weighted by molar-refractivity contribution is 0.103. The molecule has 0 spiro atoms. The average molecular weight is 417 g/mol. The molecule has 5 aromatic rings. The van der Waals surface area contributed by atoms with Crippen LogP contribution in [0, 0.1) is 6.92 Å². The first-order valence-electron chi connectivity index (χ1n) is 9.01. The molecule has 3 aromatic heterocycles. The molecule has 3 N–H and O–H groups in total. The van der Waals surface area contributed by atoms with Crippen LogP contribution in [-0.4, -0.2) is 15.9 Å². The summed E-state index contributed by atoms with van der Waals surface area (Å²) in [5.74, 6) is -0.263. The third-order valence-electron chi connectivity index (χ3n) is 4.66. The zero-order valence-corrected chi connectivity index (χ0v) is 17.1. The van der Waals surface area contributed by atoms with Crippen LogP contribution in [0.1, 0.15) is 15.2 Å². The number of nitrogen functional groups attached to an aromatic ring is 1. The summed E-state index contributed by atoms with van der Waals surface area (Å²) in [6, 6.07) is 19.8. The van der Waals surface area contributed by atoms with Gasteiger partial charge in [-0.1, -0.05) is 53.3 Å². The SMILES string of the molecule is Cc1ccc(-c2ccc3c(N)c(C(=O)Nc4nc5ccccc5s4)sc3n2)cc1. The number of para-hydroxylation sites is 1. The fraction of sp³-hybridized carbons (Fsp3) is 0.0455. The molecule has 5 nitrogen and oxygen atoms in total. The maximum atomic E-state index is 12.8. The quantitative estimate of drug-likeness (QED) is 0.394. The lowest BCUT2D eigenvalue weighted by Crippen LogP contribution is -2.11. The van der Waals surface area contributed by atoms with Gasteiger partial charge in [-0.2, -0.15) is 0 Å². The van der Waals surface area contributed by atoms with Crippen molar-refractivity contribution in [1.82, 2.24) is 9.97 Å². The van der Waals surface area contributed by atoms with Crippen LogP contribution in [0.25, 0.3) is 31.7 Å². The first-order chi connectivity index (χ1) is 14.1. The number of hydrogen-bond acceptors (Lipinski definition) is 6. The number of anilines is 2. The molecule has 3 heterocycles. The van der Waals surface area contributed by atoms with Crippen molar-refractivity contribution in [3.05, 3.63) is 71.1 Å². The number of pyridine rings is 1. The molecule has 0 unspecified atom stereocenters. The number of thiophene rings is 1. The highest BCUT2D eigenvalue weighted by atomic mass is 32.1. The van der Waals surface area contributed by atoms with Gasteiger partial charge in [-0.3, -0.25) is 10.1 Å². The number of rotatable bonds is 3. The Kier molecular flexibility index (Phi) is 4.26. The van der Waals surface area contributed by atoms with E-state index < -0.39 is 0 Å². The number of nitrogens with one attached hydrogen (secondary N) is 1. The van der Waals surface area contributed by atoms with Crippen LogP contribution in [-0.2, 0) is 0 Å². The highest BCUT2D eigenvalue weighted by Gasteiger charge is 2.19. The van der Waals surface area contributed by atoms with E-state index in [1.54, 1.807) is 0 Å². The Hall–Kier alpha value is -3.29. The minimum Gasteiger partial charge on any atom is -0.397 e. The van der Waals surface area contributed by atoms with Crippen molar-refractivity contribution in [1.29, 1.82) is 0 Å². The van der Waals surface area contributed by atoms with Crippen molar-refractivity contribution in [3.8, 4) is 11.3 Å². The highest BCUT2D eigenvalue weighted by molar-refractivity contribution is 7.23. The van der Waals surface area contributed by atoms with E-state index in [-0.39, 0.29) is 5.91 Å². The Labute approximate surface area is 174 Å². The summed E-state index contributed by atoms with van der Waals surface area (Å²) in [5.41, 5.74) is 10.7. The number of hydrogen-bond donors (Lipinski definition) is 2. The van der Waals surface area contributed by atoms with Crippen molar-refractivity contribution in [2.75, 3.05) is 11.1 Å². The number of aromatic nitrogens is 2. The van der Waals surface area contributed by atoms with Gasteiger partial charge < -0.3 is 5.73 Å². The number of nitrogens with two attached hydrogens (primary N) is 1. The maximum absolute atomic E-state index is 12.8. The topological polar surface area (TPSA) is 80.9 Å². The van der Waals surface area contributed by atoms with E-state index in [2.05, 4.69) is 29.4 Å². The molecule has 142 valence electrons. The summed E-state index contributed by atoms with van der Waals surface area (Å²) in [4.78, 5) is 23.2. The van der Waals surface area contributed by atoms with E-state index >= 15 is 0 Å². The van der Waals surface area contributed by atoms with Gasteiger partial charge in [0.25, 0.3) is 5.91 Å². The summed E-state index contributed by atoms with van der Waals surface area (Å²) in [6.07, 6.45) is 0. The van der Waals surface area contributed by atoms with Crippen molar-refractivity contribution < 1.29 is 4.79 Å². The fourth-order valence-corrected chi connectivity index (χ4v) is 4.98. The van der Waals surface area contributed by atoms with E-state index in [4.69, 9.17) is 10.7 Å². The van der Waals surface area contributed by atoms with E-state index in [9.17, 15) is 4.79 Å². The number of fused-ring (bicyclic) bond motifs is 2. The first kappa shape index (κ1) is 17.8. The van der Waals surface area contributed by atoms with E-state index in [1.165, 1.54) is 28.2 Å². The molecule has 0 atom stereocenters. The number of benzene rings is 2. The molecule has 5 rings (SSSR count). The Morgan fingerprint density at radius 3 is 2.55 bits per heavy atom. The monoisotopic (exact) mass is 416 g/mol. The van der Waals surface area contributed by atoms with Gasteiger partial charge in [0.1, 0.15) is 9.71 Å². The van der Waals surface area contributed by atoms with Gasteiger partial charge in [0.15, 0.2) is 5.13 Å². The molecular weight excluding hydrogens is 400 g/mol. The Morgan fingerprint density at radius 1 is 0.966 bits per heavy atom. The van der Waals surface area contributed by atoms with E-state index in [0.717, 1.165) is 31.7 Å². The number of nitrogens with zero attached hydrogens (tertiary/aromatic N) is 2. The molecule has 0 bridgehead atoms. The predicted octanol–water partition coefficient (Wildman–Crippen LogP) is 5.72. The molecule has 0 fully saturated rings. The Balaban J connectivity index is 1.48. The van der Waals surface area contributed by atoms with Gasteiger partial charge in [-0.15, -0.1) is 11.3 Å². The van der Waals surface area contributed by atoms with Crippen LogP contribution < -0.4 is 11.1 Å². The zero-order chi connectivity index (χ0) is 20.0. The number of carbonyl (C=O) groups is 1. The molecule has 7 heteroatoms. The second kappa shape index (κ2) is 6.95. The Bertz CT molecular complexity index is 1340. The van der Waals surface area contributed by atoms with Crippen molar-refractivity contribution in [2.45, 2.75) is 6.92 Å². The largest absolute Gasteiger partial charge is 0.397 e. The number of thiazole rings is 1. The van der Waals surface area contributed by atoms with Gasteiger partial charge in [-0.05, 0) is 31.2 Å². The second-order valence-corrected chi connectivity index (χ2v) is 8.73. The number of amides is 1. The average Bonchev–Trinajstić information content (AvgIpc) is 3.28. The molecule has 1 amide bonds. The minimum atomic E-state index is -0.263. The van der Waals surface area contributed by atoms with Gasteiger partial charge >= 0.3 is 0 Å². The zero-order valence-electron chi connectivity index (χ0n) is 15.5. The van der Waals surface area contributed by atoms with Crippen molar-refractivity contribution in [2.24, 2.45) is 0 Å². The smallest absolute Gasteiger partial charge is 0.269 e. The molecule has 0 saturated carbocycles. The summed E-state index contributed by atoms with van der Waals surface area (Å²) >= 11 is 2.74. The number of aryl methyl sites for hydroxylation is 1. The van der Waals surface area contributed by atoms with Crippen LogP contribution in [0.4, 0.5) is 10.8 Å². The van der Waals surface area contributed by atoms with Crippen LogP contribution in [0.5, 0.6) is 0 Å². The van der Waals surface area contributed by atoms with E-state index in [0.29, 0.717) is 15.7 Å². The summed E-state index contributed by atoms with van der Waals surface area (Å²) < 4.78 is 1.02. The molecule has 0 aliphatic rings. The molecular formula is C22H16N4OS2. The van der Waals surface area contributed by atoms with Crippen molar-refractivity contribution >= 4 is 59.8 Å². The summed E-state index contributed by atoms with van der Waals surface area (Å²) in [6.45, 7) is 2.05. The van der Waals surface area contributed by atoms with E-state index in [1.807, 2.05) is 48.5 Å². The third kappa shape index (κ3) is 3.24. The first-order valence-corrected chi connectivity index (χ1v) is 10.6. The number of carbonyl (C=O) groups excluding carboxylic acids is 1. The van der Waals surface area contributed by atoms with Crippen LogP contribution >= 0.6 is 22.7 Å². The standard InChI is InChI=1S/C22H16N4OS2/c1-12-6-8-13(9-7-12)15-11-10-14-18(23)19(29-21(14)24-15)20(27)26-22-25-16-4-2-3-5-17(16)28-22/h2-11H,23H2,1H3,(H,25,26,27). The second-order valence-electron chi connectivity index (χ2n) is 6.70. The van der Waals surface area contributed by atoms with Crippen LogP contribution in [0.3, 0.4) is 0 Å². The van der Waals surface area contributed by atoms with Gasteiger partial charge in [0, 0.05) is 10.9 Å². The van der Waals surface area contributed by atoms with Crippen LogP contribution in [0.2, 0.25) is 0 Å². The van der Waals surface area contributed by atoms with Crippen LogP contribution in [0.15, 0.2) is 60.7 Å². The minimum absolute atomic E-state index is 0.263. The lowest BCUT2D eigenvalue weighted by atomic mass is 10.1. The molecule has 0 aliphatic heterocycles. The molecule has 0 aliphatic carbocycles. The molecule has 0 radical (unpaired) electrons. The van der Waals surface area contributed by atoms with Gasteiger partial charge in [0.2, 0.25) is 0 Å². The maximum Gasteiger partial charge on any atom is 0.269 e. The third-order valence-corrected chi connectivity index (χ3v) is 6.73. The predicted molar refractivity (Wildman–Crippen MR) is 122 cm³/mol. The van der Waals surface area contributed by atoms with Crippen molar-refractivity contribution in [3.63, 3.8) is 0 Å². The normalized spacial score (nSPS) is 11.2. The fourth-order valence-electron chi connectivity index (χ4n) is 3.13.